The molecular weight excluding hydrogens is 324 g/mol. The fourth-order valence-electron chi connectivity index (χ4n) is 2.18. The normalized spacial score (nSPS) is 14.6. The van der Waals surface area contributed by atoms with E-state index in [9.17, 15) is 5.11 Å². The van der Waals surface area contributed by atoms with Gasteiger partial charge in [0.2, 0.25) is 0 Å². The first-order valence-electron chi connectivity index (χ1n) is 6.36. The van der Waals surface area contributed by atoms with Crippen molar-refractivity contribution in [2.75, 3.05) is 0 Å². The Hall–Kier alpha value is -0.650. The van der Waals surface area contributed by atoms with Crippen LogP contribution in [0.15, 0.2) is 16.6 Å². The molecule has 2 rings (SSSR count). The van der Waals surface area contributed by atoms with Crippen molar-refractivity contribution in [2.45, 2.75) is 46.3 Å². The summed E-state index contributed by atoms with van der Waals surface area (Å²) in [5.41, 5.74) is 1.16. The Morgan fingerprint density at radius 2 is 2.11 bits per heavy atom. The maximum absolute atomic E-state index is 10.8. The summed E-state index contributed by atoms with van der Waals surface area (Å²) in [7, 11) is 0. The summed E-state index contributed by atoms with van der Waals surface area (Å²) in [5.74, 6) is 0. The maximum atomic E-state index is 10.8. The molecule has 0 amide bonds. The fraction of sp³-hybridized carbons (Fsp3) is 0.500. The fourth-order valence-corrected chi connectivity index (χ4v) is 3.51. The van der Waals surface area contributed by atoms with Crippen LogP contribution in [0, 0.1) is 13.8 Å². The zero-order valence-corrected chi connectivity index (χ0v) is 14.1. The van der Waals surface area contributed by atoms with Crippen LogP contribution in [0.25, 0.3) is 0 Å². The molecule has 1 N–H and O–H groups in total. The van der Waals surface area contributed by atoms with Gasteiger partial charge in [-0.1, -0.05) is 0 Å². The third-order valence-electron chi connectivity index (χ3n) is 3.24. The van der Waals surface area contributed by atoms with E-state index >= 15 is 0 Å². The second-order valence-corrected chi connectivity index (χ2v) is 7.10. The molecule has 3 nitrogen and oxygen atoms in total. The van der Waals surface area contributed by atoms with Crippen molar-refractivity contribution in [1.82, 2.24) is 9.78 Å². The highest BCUT2D eigenvalue weighted by atomic mass is 79.9. The van der Waals surface area contributed by atoms with Gasteiger partial charge in [0.15, 0.2) is 0 Å². The summed E-state index contributed by atoms with van der Waals surface area (Å²) < 4.78 is 2.96. The molecular formula is C14H19BrN2OS. The minimum Gasteiger partial charge on any atom is -0.384 e. The van der Waals surface area contributed by atoms with Gasteiger partial charge in [-0.3, -0.25) is 4.68 Å². The second-order valence-electron chi connectivity index (χ2n) is 5.02. The topological polar surface area (TPSA) is 38.0 Å². The van der Waals surface area contributed by atoms with E-state index in [1.165, 1.54) is 4.88 Å². The predicted molar refractivity (Wildman–Crippen MR) is 82.7 cm³/mol. The zero-order valence-electron chi connectivity index (χ0n) is 11.7. The van der Waals surface area contributed by atoms with Gasteiger partial charge in [0.25, 0.3) is 0 Å². The Morgan fingerprint density at radius 1 is 1.42 bits per heavy atom. The van der Waals surface area contributed by atoms with Crippen LogP contribution in [0.3, 0.4) is 0 Å². The SMILES string of the molecule is CCn1nc(C)c(Br)c1CC(C)(O)c1ccc(C)s1. The number of halogens is 1. The Balaban J connectivity index is 2.35. The Kier molecular flexibility index (Phi) is 4.18. The molecule has 5 heteroatoms. The van der Waals surface area contributed by atoms with Crippen molar-refractivity contribution in [3.63, 3.8) is 0 Å². The van der Waals surface area contributed by atoms with Gasteiger partial charge in [-0.25, -0.2) is 0 Å². The molecule has 0 saturated carbocycles. The third-order valence-corrected chi connectivity index (χ3v) is 5.52. The van der Waals surface area contributed by atoms with Gasteiger partial charge >= 0.3 is 0 Å². The Labute approximate surface area is 126 Å². The highest BCUT2D eigenvalue weighted by molar-refractivity contribution is 9.10. The van der Waals surface area contributed by atoms with Crippen molar-refractivity contribution >= 4 is 27.3 Å². The van der Waals surface area contributed by atoms with E-state index in [4.69, 9.17) is 0 Å². The van der Waals surface area contributed by atoms with Crippen LogP contribution in [0.2, 0.25) is 0 Å². The number of aryl methyl sites for hydroxylation is 3. The molecule has 2 heterocycles. The van der Waals surface area contributed by atoms with Crippen molar-refractivity contribution in [2.24, 2.45) is 0 Å². The van der Waals surface area contributed by atoms with Crippen molar-refractivity contribution < 1.29 is 5.11 Å². The zero-order chi connectivity index (χ0) is 14.2. The van der Waals surface area contributed by atoms with Crippen LogP contribution >= 0.6 is 27.3 Å². The number of aliphatic hydroxyl groups is 1. The van der Waals surface area contributed by atoms with E-state index in [0.29, 0.717) is 6.42 Å². The van der Waals surface area contributed by atoms with Crippen LogP contribution in [-0.2, 0) is 18.6 Å². The van der Waals surface area contributed by atoms with Crippen molar-refractivity contribution in [3.05, 3.63) is 37.7 Å². The molecule has 0 fully saturated rings. The van der Waals surface area contributed by atoms with Gasteiger partial charge in [0.1, 0.15) is 5.60 Å². The number of rotatable bonds is 4. The molecule has 0 aliphatic carbocycles. The molecule has 0 radical (unpaired) electrons. The average Bonchev–Trinajstić information content (AvgIpc) is 2.88. The number of hydrogen-bond acceptors (Lipinski definition) is 3. The van der Waals surface area contributed by atoms with Gasteiger partial charge in [-0.05, 0) is 55.8 Å². The van der Waals surface area contributed by atoms with Gasteiger partial charge in [-0.15, -0.1) is 11.3 Å². The summed E-state index contributed by atoms with van der Waals surface area (Å²) in [5, 5.41) is 15.2. The van der Waals surface area contributed by atoms with Crippen LogP contribution in [0.4, 0.5) is 0 Å². The number of aromatic nitrogens is 2. The van der Waals surface area contributed by atoms with Crippen LogP contribution in [0.5, 0.6) is 0 Å². The van der Waals surface area contributed by atoms with Crippen molar-refractivity contribution in [3.8, 4) is 0 Å². The first-order chi connectivity index (χ1) is 8.85. The minimum absolute atomic E-state index is 0.558. The van der Waals surface area contributed by atoms with Gasteiger partial charge in [0, 0.05) is 22.7 Å². The molecule has 2 aromatic rings. The molecule has 0 aromatic carbocycles. The van der Waals surface area contributed by atoms with E-state index in [1.807, 2.05) is 30.7 Å². The summed E-state index contributed by atoms with van der Waals surface area (Å²) in [6, 6.07) is 4.05. The number of nitrogens with zero attached hydrogens (tertiary/aromatic N) is 2. The van der Waals surface area contributed by atoms with Crippen LogP contribution in [-0.4, -0.2) is 14.9 Å². The highest BCUT2D eigenvalue weighted by Crippen LogP contribution is 2.33. The quantitative estimate of drug-likeness (QED) is 0.917. The molecule has 2 aromatic heterocycles. The lowest BCUT2D eigenvalue weighted by Crippen LogP contribution is -2.25. The first kappa shape index (κ1) is 14.8. The number of thiophene rings is 1. The second kappa shape index (κ2) is 5.38. The number of hydrogen-bond donors (Lipinski definition) is 1. The third kappa shape index (κ3) is 2.93. The highest BCUT2D eigenvalue weighted by Gasteiger charge is 2.28. The molecule has 0 aliphatic heterocycles. The summed E-state index contributed by atoms with van der Waals surface area (Å²) in [6.45, 7) is 8.77. The molecule has 0 spiro atoms. The van der Waals surface area contributed by atoms with E-state index in [-0.39, 0.29) is 0 Å². The van der Waals surface area contributed by atoms with Crippen molar-refractivity contribution in [1.29, 1.82) is 0 Å². The van der Waals surface area contributed by atoms with Gasteiger partial charge in [-0.2, -0.15) is 5.10 Å². The van der Waals surface area contributed by atoms with Gasteiger partial charge in [0.05, 0.1) is 15.9 Å². The first-order valence-corrected chi connectivity index (χ1v) is 7.97. The van der Waals surface area contributed by atoms with E-state index in [2.05, 4.69) is 34.9 Å². The molecule has 0 bridgehead atoms. The molecule has 1 atom stereocenters. The molecule has 0 saturated heterocycles. The monoisotopic (exact) mass is 342 g/mol. The van der Waals surface area contributed by atoms with E-state index in [1.54, 1.807) is 11.3 Å². The maximum Gasteiger partial charge on any atom is 0.101 e. The summed E-state index contributed by atoms with van der Waals surface area (Å²) in [6.07, 6.45) is 0.558. The molecule has 19 heavy (non-hydrogen) atoms. The summed E-state index contributed by atoms with van der Waals surface area (Å²) in [4.78, 5) is 2.22. The van der Waals surface area contributed by atoms with Crippen LogP contribution < -0.4 is 0 Å². The largest absolute Gasteiger partial charge is 0.384 e. The summed E-state index contributed by atoms with van der Waals surface area (Å²) >= 11 is 5.23. The molecule has 1 unspecified atom stereocenters. The smallest absolute Gasteiger partial charge is 0.101 e. The van der Waals surface area contributed by atoms with Crippen LogP contribution in [0.1, 0.15) is 35.0 Å². The minimum atomic E-state index is -0.860. The van der Waals surface area contributed by atoms with E-state index in [0.717, 1.165) is 27.3 Å². The van der Waals surface area contributed by atoms with E-state index < -0.39 is 5.60 Å². The standard InChI is InChI=1S/C14H19BrN2OS/c1-5-17-11(13(15)10(3)16-17)8-14(4,18)12-7-6-9(2)19-12/h6-7,18H,5,8H2,1-4H3. The molecule has 104 valence electrons. The lowest BCUT2D eigenvalue weighted by atomic mass is 9.98. The molecule has 0 aliphatic rings. The Bertz CT molecular complexity index is 586. The lowest BCUT2D eigenvalue weighted by Gasteiger charge is -2.22. The lowest BCUT2D eigenvalue weighted by molar-refractivity contribution is 0.0590. The Morgan fingerprint density at radius 3 is 2.63 bits per heavy atom. The average molecular weight is 343 g/mol. The predicted octanol–water partition coefficient (Wildman–Crippen LogP) is 3.79. The van der Waals surface area contributed by atoms with Gasteiger partial charge < -0.3 is 5.11 Å².